The second kappa shape index (κ2) is 3.97. The molecule has 0 aliphatic rings. The number of nitrogens with two attached hydrogens (primary N) is 1. The van der Waals surface area contributed by atoms with E-state index in [4.69, 9.17) is 10.6 Å². The van der Waals surface area contributed by atoms with Gasteiger partial charge in [0.1, 0.15) is 5.75 Å². The fourth-order valence-electron chi connectivity index (χ4n) is 1.10. The van der Waals surface area contributed by atoms with Crippen LogP contribution >= 0.6 is 0 Å². The Morgan fingerprint density at radius 2 is 2.25 bits per heavy atom. The van der Waals surface area contributed by atoms with Crippen LogP contribution < -0.4 is 16.0 Å². The van der Waals surface area contributed by atoms with Crippen molar-refractivity contribution < 1.29 is 4.74 Å². The highest BCUT2D eigenvalue weighted by Crippen LogP contribution is 2.26. The summed E-state index contributed by atoms with van der Waals surface area (Å²) < 4.78 is 5.37. The summed E-state index contributed by atoms with van der Waals surface area (Å²) in [5.41, 5.74) is 4.57. The zero-order valence-electron chi connectivity index (χ0n) is 7.42. The smallest absolute Gasteiger partial charge is 0.143 e. The largest absolute Gasteiger partial charge is 0.492 e. The number of hydrazine groups is 1. The molecule has 0 amide bonds. The molecule has 0 aromatic heterocycles. The summed E-state index contributed by atoms with van der Waals surface area (Å²) in [5.74, 6) is 6.16. The van der Waals surface area contributed by atoms with Gasteiger partial charge in [-0.2, -0.15) is 0 Å². The van der Waals surface area contributed by atoms with Gasteiger partial charge < -0.3 is 10.2 Å². The normalized spacial score (nSPS) is 9.58. The van der Waals surface area contributed by atoms with Gasteiger partial charge in [-0.3, -0.25) is 5.84 Å². The van der Waals surface area contributed by atoms with Gasteiger partial charge in [0, 0.05) is 0 Å². The molecule has 12 heavy (non-hydrogen) atoms. The predicted molar refractivity (Wildman–Crippen MR) is 50.2 cm³/mol. The Labute approximate surface area is 72.5 Å². The number of nitrogen functional groups attached to an aromatic ring is 1. The van der Waals surface area contributed by atoms with Gasteiger partial charge in [0.15, 0.2) is 0 Å². The van der Waals surface area contributed by atoms with Crippen LogP contribution in [0.3, 0.4) is 0 Å². The van der Waals surface area contributed by atoms with Crippen LogP contribution in [-0.4, -0.2) is 6.61 Å². The summed E-state index contributed by atoms with van der Waals surface area (Å²) in [6, 6.07) is 5.82. The lowest BCUT2D eigenvalue weighted by atomic mass is 10.2. The molecule has 0 saturated heterocycles. The van der Waals surface area contributed by atoms with Crippen molar-refractivity contribution in [1.82, 2.24) is 0 Å². The van der Waals surface area contributed by atoms with Gasteiger partial charge in [0.05, 0.1) is 12.3 Å². The van der Waals surface area contributed by atoms with Crippen LogP contribution in [0.5, 0.6) is 5.75 Å². The zero-order chi connectivity index (χ0) is 8.97. The van der Waals surface area contributed by atoms with Gasteiger partial charge in [-0.25, -0.2) is 0 Å². The summed E-state index contributed by atoms with van der Waals surface area (Å²) in [6.45, 7) is 4.58. The lowest BCUT2D eigenvalue weighted by Crippen LogP contribution is -2.10. The van der Waals surface area contributed by atoms with Crippen molar-refractivity contribution >= 4 is 5.69 Å². The van der Waals surface area contributed by atoms with E-state index in [9.17, 15) is 0 Å². The molecule has 1 aromatic rings. The second-order valence-corrected chi connectivity index (χ2v) is 2.53. The molecular weight excluding hydrogens is 152 g/mol. The van der Waals surface area contributed by atoms with E-state index in [1.54, 1.807) is 0 Å². The molecule has 0 saturated carbocycles. The van der Waals surface area contributed by atoms with E-state index in [1.807, 2.05) is 32.0 Å². The first-order chi connectivity index (χ1) is 5.79. The molecule has 1 rings (SSSR count). The third kappa shape index (κ3) is 1.68. The Balaban J connectivity index is 3.00. The van der Waals surface area contributed by atoms with Crippen LogP contribution in [0.1, 0.15) is 12.5 Å². The van der Waals surface area contributed by atoms with Crippen LogP contribution in [0.25, 0.3) is 0 Å². The van der Waals surface area contributed by atoms with Crippen molar-refractivity contribution in [2.75, 3.05) is 12.0 Å². The van der Waals surface area contributed by atoms with Crippen molar-refractivity contribution in [3.05, 3.63) is 23.8 Å². The molecule has 0 radical (unpaired) electrons. The lowest BCUT2D eigenvalue weighted by Gasteiger charge is -2.11. The minimum absolute atomic E-state index is 0.651. The fraction of sp³-hybridized carbons (Fsp3) is 0.333. The average molecular weight is 166 g/mol. The summed E-state index contributed by atoms with van der Waals surface area (Å²) in [5, 5.41) is 0. The van der Waals surface area contributed by atoms with Gasteiger partial charge >= 0.3 is 0 Å². The summed E-state index contributed by atoms with van der Waals surface area (Å²) >= 11 is 0. The topological polar surface area (TPSA) is 47.3 Å². The maximum absolute atomic E-state index is 5.37. The minimum atomic E-state index is 0.651. The number of aryl methyl sites for hydroxylation is 1. The molecule has 0 bridgehead atoms. The number of anilines is 1. The highest BCUT2D eigenvalue weighted by Gasteiger charge is 2.02. The molecule has 3 heteroatoms. The monoisotopic (exact) mass is 166 g/mol. The third-order valence-corrected chi connectivity index (χ3v) is 1.68. The molecule has 0 spiro atoms. The molecule has 0 aliphatic heterocycles. The predicted octanol–water partition coefficient (Wildman–Crippen LogP) is 1.68. The number of nitrogens with one attached hydrogen (secondary N) is 1. The van der Waals surface area contributed by atoms with Gasteiger partial charge in [-0.05, 0) is 25.5 Å². The highest BCUT2D eigenvalue weighted by atomic mass is 16.5. The van der Waals surface area contributed by atoms with E-state index in [2.05, 4.69) is 5.43 Å². The van der Waals surface area contributed by atoms with E-state index in [0.29, 0.717) is 6.61 Å². The molecule has 1 aromatic carbocycles. The second-order valence-electron chi connectivity index (χ2n) is 2.53. The Morgan fingerprint density at radius 3 is 2.83 bits per heavy atom. The van der Waals surface area contributed by atoms with Crippen molar-refractivity contribution in [3.8, 4) is 5.75 Å². The lowest BCUT2D eigenvalue weighted by molar-refractivity contribution is 0.341. The van der Waals surface area contributed by atoms with Gasteiger partial charge in [-0.1, -0.05) is 12.1 Å². The first-order valence-electron chi connectivity index (χ1n) is 3.98. The Morgan fingerprint density at radius 1 is 1.50 bits per heavy atom. The summed E-state index contributed by atoms with van der Waals surface area (Å²) in [4.78, 5) is 0. The number of ether oxygens (including phenoxy) is 1. The molecule has 66 valence electrons. The van der Waals surface area contributed by atoms with E-state index in [1.165, 1.54) is 0 Å². The average Bonchev–Trinajstić information content (AvgIpc) is 2.05. The third-order valence-electron chi connectivity index (χ3n) is 1.68. The quantitative estimate of drug-likeness (QED) is 0.530. The SMILES string of the molecule is CCOc1cccc(C)c1NN. The van der Waals surface area contributed by atoms with Crippen LogP contribution in [0.15, 0.2) is 18.2 Å². The van der Waals surface area contributed by atoms with Gasteiger partial charge in [0.2, 0.25) is 0 Å². The molecule has 0 aliphatic carbocycles. The van der Waals surface area contributed by atoms with Crippen LogP contribution in [-0.2, 0) is 0 Å². The Bertz CT molecular complexity index is 261. The van der Waals surface area contributed by atoms with Gasteiger partial charge in [-0.15, -0.1) is 0 Å². The molecular formula is C9H14N2O. The number of hydrogen-bond donors (Lipinski definition) is 2. The first kappa shape index (κ1) is 8.87. The zero-order valence-corrected chi connectivity index (χ0v) is 7.42. The standard InChI is InChI=1S/C9H14N2O/c1-3-12-8-6-4-5-7(2)9(8)11-10/h4-6,11H,3,10H2,1-2H3. The van der Waals surface area contributed by atoms with Crippen molar-refractivity contribution in [3.63, 3.8) is 0 Å². The summed E-state index contributed by atoms with van der Waals surface area (Å²) in [6.07, 6.45) is 0. The number of para-hydroxylation sites is 1. The highest BCUT2D eigenvalue weighted by molar-refractivity contribution is 5.60. The fourth-order valence-corrected chi connectivity index (χ4v) is 1.10. The molecule has 0 heterocycles. The first-order valence-corrected chi connectivity index (χ1v) is 3.98. The number of benzene rings is 1. The minimum Gasteiger partial charge on any atom is -0.492 e. The van der Waals surface area contributed by atoms with Crippen LogP contribution in [0.2, 0.25) is 0 Å². The maximum atomic E-state index is 5.37. The molecule has 0 atom stereocenters. The Hall–Kier alpha value is -1.22. The number of hydrogen-bond acceptors (Lipinski definition) is 3. The van der Waals surface area contributed by atoms with E-state index in [-0.39, 0.29) is 0 Å². The van der Waals surface area contributed by atoms with Crippen molar-refractivity contribution in [2.24, 2.45) is 5.84 Å². The van der Waals surface area contributed by atoms with E-state index >= 15 is 0 Å². The van der Waals surface area contributed by atoms with Crippen molar-refractivity contribution in [1.29, 1.82) is 0 Å². The molecule has 3 nitrogen and oxygen atoms in total. The van der Waals surface area contributed by atoms with E-state index < -0.39 is 0 Å². The maximum Gasteiger partial charge on any atom is 0.143 e. The Kier molecular flexibility index (Phi) is 2.94. The summed E-state index contributed by atoms with van der Waals surface area (Å²) in [7, 11) is 0. The number of rotatable bonds is 3. The molecule has 3 N–H and O–H groups in total. The molecule has 0 unspecified atom stereocenters. The molecule has 0 fully saturated rings. The van der Waals surface area contributed by atoms with Crippen molar-refractivity contribution in [2.45, 2.75) is 13.8 Å². The van der Waals surface area contributed by atoms with E-state index in [0.717, 1.165) is 17.0 Å². The van der Waals surface area contributed by atoms with Gasteiger partial charge in [0.25, 0.3) is 0 Å². The van der Waals surface area contributed by atoms with Crippen LogP contribution in [0.4, 0.5) is 5.69 Å². The van der Waals surface area contributed by atoms with Crippen LogP contribution in [0, 0.1) is 6.92 Å².